The first kappa shape index (κ1) is 18.0. The van der Waals surface area contributed by atoms with Gasteiger partial charge < -0.3 is 25.0 Å². The van der Waals surface area contributed by atoms with Crippen LogP contribution in [0.25, 0.3) is 0 Å². The number of hydrogen-bond donors (Lipinski definition) is 2. The van der Waals surface area contributed by atoms with E-state index in [4.69, 9.17) is 4.74 Å². The monoisotopic (exact) mass is 339 g/mol. The minimum Gasteiger partial charge on any atom is -0.389 e. The molecule has 3 aliphatic rings. The molecule has 1 aliphatic carbocycles. The molecule has 0 spiro atoms. The van der Waals surface area contributed by atoms with Gasteiger partial charge in [0.1, 0.15) is 0 Å². The van der Waals surface area contributed by atoms with Crippen LogP contribution in [0.3, 0.4) is 0 Å². The summed E-state index contributed by atoms with van der Waals surface area (Å²) in [6.07, 6.45) is 6.85. The molecule has 2 N–H and O–H groups in total. The minimum absolute atomic E-state index is 0.00469. The zero-order valence-corrected chi connectivity index (χ0v) is 15.2. The van der Waals surface area contributed by atoms with Gasteiger partial charge in [-0.15, -0.1) is 0 Å². The predicted octanol–water partition coefficient (Wildman–Crippen LogP) is 1.43. The molecule has 2 atom stereocenters. The van der Waals surface area contributed by atoms with E-state index in [1.165, 1.54) is 6.42 Å². The summed E-state index contributed by atoms with van der Waals surface area (Å²) in [6, 6.07) is 0.0235. The van der Waals surface area contributed by atoms with Crippen molar-refractivity contribution in [2.45, 2.75) is 56.1 Å². The molecule has 0 bridgehead atoms. The Morgan fingerprint density at radius 3 is 2.71 bits per heavy atom. The molecule has 138 valence electrons. The van der Waals surface area contributed by atoms with Gasteiger partial charge in [-0.05, 0) is 46.2 Å². The Morgan fingerprint density at radius 1 is 1.25 bits per heavy atom. The number of aliphatic hydroxyl groups is 1. The molecule has 6 nitrogen and oxygen atoms in total. The van der Waals surface area contributed by atoms with Crippen LogP contribution < -0.4 is 5.32 Å². The molecule has 0 aromatic rings. The normalized spacial score (nSPS) is 33.2. The molecule has 0 aromatic carbocycles. The fourth-order valence-electron chi connectivity index (χ4n) is 4.64. The predicted molar refractivity (Wildman–Crippen MR) is 93.0 cm³/mol. The maximum atomic E-state index is 12.7. The second kappa shape index (κ2) is 7.18. The third-order valence-electron chi connectivity index (χ3n) is 6.66. The van der Waals surface area contributed by atoms with E-state index in [-0.39, 0.29) is 17.5 Å². The van der Waals surface area contributed by atoms with Crippen molar-refractivity contribution in [1.29, 1.82) is 0 Å². The van der Waals surface area contributed by atoms with E-state index >= 15 is 0 Å². The molecule has 2 aliphatic heterocycles. The maximum Gasteiger partial charge on any atom is 0.317 e. The lowest BCUT2D eigenvalue weighted by atomic mass is 9.71. The first-order chi connectivity index (χ1) is 11.5. The summed E-state index contributed by atoms with van der Waals surface area (Å²) >= 11 is 0. The zero-order chi connectivity index (χ0) is 17.2. The standard InChI is InChI=1S/C18H33N3O3/c1-20(2)17(8-11-24-12-9-17)14-19-16(22)21-10-7-18(23)6-4-3-5-15(18)13-21/h15,23H,3-14H2,1-2H3,(H,19,22)/t15-,18+/m1/s1. The van der Waals surface area contributed by atoms with Crippen molar-refractivity contribution in [1.82, 2.24) is 15.1 Å². The van der Waals surface area contributed by atoms with E-state index in [0.29, 0.717) is 19.6 Å². The van der Waals surface area contributed by atoms with Gasteiger partial charge in [-0.2, -0.15) is 0 Å². The van der Waals surface area contributed by atoms with Crippen LogP contribution in [0.15, 0.2) is 0 Å². The summed E-state index contributed by atoms with van der Waals surface area (Å²) in [7, 11) is 4.17. The van der Waals surface area contributed by atoms with Gasteiger partial charge in [0.25, 0.3) is 0 Å². The lowest BCUT2D eigenvalue weighted by Gasteiger charge is -2.48. The van der Waals surface area contributed by atoms with Crippen LogP contribution in [0.2, 0.25) is 0 Å². The van der Waals surface area contributed by atoms with Crippen molar-refractivity contribution < 1.29 is 14.6 Å². The first-order valence-electron chi connectivity index (χ1n) is 9.46. The number of nitrogens with one attached hydrogen (secondary N) is 1. The van der Waals surface area contributed by atoms with Gasteiger partial charge in [0.2, 0.25) is 0 Å². The molecular weight excluding hydrogens is 306 g/mol. The van der Waals surface area contributed by atoms with Gasteiger partial charge in [0, 0.05) is 44.3 Å². The van der Waals surface area contributed by atoms with Gasteiger partial charge >= 0.3 is 6.03 Å². The summed E-state index contributed by atoms with van der Waals surface area (Å²) < 4.78 is 5.49. The Kier molecular flexibility index (Phi) is 5.37. The van der Waals surface area contributed by atoms with Crippen molar-refractivity contribution in [2.24, 2.45) is 5.92 Å². The molecule has 1 saturated carbocycles. The number of urea groups is 1. The van der Waals surface area contributed by atoms with Crippen LogP contribution in [-0.4, -0.2) is 79.0 Å². The summed E-state index contributed by atoms with van der Waals surface area (Å²) in [5.74, 6) is 0.247. The summed E-state index contributed by atoms with van der Waals surface area (Å²) in [6.45, 7) is 3.53. The van der Waals surface area contributed by atoms with E-state index < -0.39 is 5.60 Å². The Balaban J connectivity index is 1.55. The van der Waals surface area contributed by atoms with Crippen molar-refractivity contribution in [3.63, 3.8) is 0 Å². The number of carbonyl (C=O) groups excluding carboxylic acids is 1. The SMILES string of the molecule is CN(C)C1(CNC(=O)N2CC[C@@]3(O)CCCC[C@@H]3C2)CCOCC1. The van der Waals surface area contributed by atoms with E-state index in [2.05, 4.69) is 24.3 Å². The second-order valence-corrected chi connectivity index (χ2v) is 8.13. The van der Waals surface area contributed by atoms with E-state index in [1.807, 2.05) is 4.90 Å². The van der Waals surface area contributed by atoms with Crippen LogP contribution in [0.1, 0.15) is 44.9 Å². The quantitative estimate of drug-likeness (QED) is 0.816. The highest BCUT2D eigenvalue weighted by Crippen LogP contribution is 2.39. The smallest absolute Gasteiger partial charge is 0.317 e. The molecule has 6 heteroatoms. The average molecular weight is 339 g/mol. The molecule has 0 radical (unpaired) electrons. The van der Waals surface area contributed by atoms with Crippen LogP contribution in [0, 0.1) is 5.92 Å². The molecule has 2 heterocycles. The molecule has 2 saturated heterocycles. The number of amides is 2. The van der Waals surface area contributed by atoms with Crippen molar-refractivity contribution in [3.05, 3.63) is 0 Å². The highest BCUT2D eigenvalue weighted by molar-refractivity contribution is 5.74. The number of ether oxygens (including phenoxy) is 1. The summed E-state index contributed by atoms with van der Waals surface area (Å²) in [5, 5.41) is 13.9. The Bertz CT molecular complexity index is 451. The van der Waals surface area contributed by atoms with Gasteiger partial charge in [0.05, 0.1) is 5.60 Å². The van der Waals surface area contributed by atoms with Crippen molar-refractivity contribution in [3.8, 4) is 0 Å². The van der Waals surface area contributed by atoms with E-state index in [1.54, 1.807) is 0 Å². The third-order valence-corrected chi connectivity index (χ3v) is 6.66. The highest BCUT2D eigenvalue weighted by atomic mass is 16.5. The number of likely N-dealkylation sites (N-methyl/N-ethyl adjacent to an activating group) is 1. The molecular formula is C18H33N3O3. The summed E-state index contributed by atoms with van der Waals surface area (Å²) in [4.78, 5) is 16.8. The van der Waals surface area contributed by atoms with E-state index in [9.17, 15) is 9.90 Å². The Labute approximate surface area is 145 Å². The first-order valence-corrected chi connectivity index (χ1v) is 9.46. The van der Waals surface area contributed by atoms with Gasteiger partial charge in [-0.25, -0.2) is 4.79 Å². The summed E-state index contributed by atoms with van der Waals surface area (Å²) in [5.41, 5.74) is -0.532. The molecule has 2 amide bonds. The van der Waals surface area contributed by atoms with Crippen LogP contribution in [0.5, 0.6) is 0 Å². The number of hydrogen-bond acceptors (Lipinski definition) is 4. The van der Waals surface area contributed by atoms with Gasteiger partial charge in [-0.1, -0.05) is 12.8 Å². The molecule has 0 aromatic heterocycles. The van der Waals surface area contributed by atoms with Crippen molar-refractivity contribution in [2.75, 3.05) is 46.9 Å². The average Bonchev–Trinajstić information content (AvgIpc) is 2.59. The van der Waals surface area contributed by atoms with Crippen molar-refractivity contribution >= 4 is 6.03 Å². The second-order valence-electron chi connectivity index (χ2n) is 8.13. The maximum absolute atomic E-state index is 12.7. The minimum atomic E-state index is -0.527. The fraction of sp³-hybridized carbons (Fsp3) is 0.944. The molecule has 24 heavy (non-hydrogen) atoms. The van der Waals surface area contributed by atoms with Crippen LogP contribution in [0.4, 0.5) is 4.79 Å². The Morgan fingerprint density at radius 2 is 2.00 bits per heavy atom. The largest absolute Gasteiger partial charge is 0.389 e. The third kappa shape index (κ3) is 3.55. The number of rotatable bonds is 3. The molecule has 3 rings (SSSR count). The lowest BCUT2D eigenvalue weighted by molar-refractivity contribution is -0.0873. The zero-order valence-electron chi connectivity index (χ0n) is 15.2. The number of piperidine rings is 1. The number of likely N-dealkylation sites (tertiary alicyclic amines) is 1. The van der Waals surface area contributed by atoms with Gasteiger partial charge in [-0.3, -0.25) is 0 Å². The number of fused-ring (bicyclic) bond motifs is 1. The molecule has 3 fully saturated rings. The lowest BCUT2D eigenvalue weighted by Crippen LogP contribution is -2.60. The molecule has 0 unspecified atom stereocenters. The topological polar surface area (TPSA) is 65.0 Å². The van der Waals surface area contributed by atoms with E-state index in [0.717, 1.165) is 51.7 Å². The van der Waals surface area contributed by atoms with Crippen LogP contribution >= 0.6 is 0 Å². The highest BCUT2D eigenvalue weighted by Gasteiger charge is 2.44. The Hall–Kier alpha value is -0.850. The van der Waals surface area contributed by atoms with Crippen LogP contribution in [-0.2, 0) is 4.74 Å². The van der Waals surface area contributed by atoms with Gasteiger partial charge in [0.15, 0.2) is 0 Å². The number of carbonyl (C=O) groups is 1. The fourth-order valence-corrected chi connectivity index (χ4v) is 4.64. The number of nitrogens with zero attached hydrogens (tertiary/aromatic N) is 2.